The predicted molar refractivity (Wildman–Crippen MR) is 113 cm³/mol. The van der Waals surface area contributed by atoms with Gasteiger partial charge in [0.25, 0.3) is 5.91 Å². The maximum Gasteiger partial charge on any atom is 0.268 e. The van der Waals surface area contributed by atoms with Crippen molar-refractivity contribution < 1.29 is 13.2 Å². The summed E-state index contributed by atoms with van der Waals surface area (Å²) in [5.74, 6) is -0.583. The maximum absolute atomic E-state index is 12.6. The molecule has 0 radical (unpaired) electrons. The minimum absolute atomic E-state index is 0.0640. The van der Waals surface area contributed by atoms with Crippen molar-refractivity contribution in [3.8, 4) is 6.07 Å². The predicted octanol–water partition coefficient (Wildman–Crippen LogP) is 3.73. The van der Waals surface area contributed by atoms with Crippen molar-refractivity contribution in [2.75, 3.05) is 11.6 Å². The van der Waals surface area contributed by atoms with Gasteiger partial charge in [-0.2, -0.15) is 5.26 Å². The second kappa shape index (κ2) is 7.16. The number of nitrogens with one attached hydrogen (secondary N) is 2. The molecule has 29 heavy (non-hydrogen) atoms. The Morgan fingerprint density at radius 3 is 2.83 bits per heavy atom. The second-order valence-corrected chi connectivity index (χ2v) is 9.38. The number of fused-ring (bicyclic) bond motifs is 2. The third-order valence-electron chi connectivity index (χ3n) is 4.29. The number of nitriles is 1. The molecule has 2 aromatic heterocycles. The van der Waals surface area contributed by atoms with E-state index >= 15 is 0 Å². The Hall–Kier alpha value is -3.48. The van der Waals surface area contributed by atoms with Gasteiger partial charge in [0.05, 0.1) is 15.1 Å². The van der Waals surface area contributed by atoms with E-state index in [1.54, 1.807) is 12.3 Å². The molecule has 2 heterocycles. The third-order valence-corrected chi connectivity index (χ3v) is 6.34. The highest BCUT2D eigenvalue weighted by Gasteiger charge is 2.15. The number of sulfone groups is 1. The van der Waals surface area contributed by atoms with Crippen molar-refractivity contribution in [2.24, 2.45) is 0 Å². The van der Waals surface area contributed by atoms with Gasteiger partial charge in [0.15, 0.2) is 15.0 Å². The molecule has 2 aromatic carbocycles. The topological polar surface area (TPSA) is 116 Å². The van der Waals surface area contributed by atoms with Gasteiger partial charge in [-0.05, 0) is 30.3 Å². The number of carbonyl (C=O) groups is 1. The van der Waals surface area contributed by atoms with Gasteiger partial charge in [-0.3, -0.25) is 10.1 Å². The Kier molecular flexibility index (Phi) is 4.66. The van der Waals surface area contributed by atoms with Crippen molar-refractivity contribution in [3.63, 3.8) is 0 Å². The lowest BCUT2D eigenvalue weighted by Gasteiger charge is -1.99. The molecule has 144 valence electrons. The van der Waals surface area contributed by atoms with E-state index in [0.29, 0.717) is 10.2 Å². The van der Waals surface area contributed by atoms with Crippen LogP contribution >= 0.6 is 11.3 Å². The zero-order valence-electron chi connectivity index (χ0n) is 15.1. The number of anilines is 1. The van der Waals surface area contributed by atoms with Crippen LogP contribution < -0.4 is 5.32 Å². The normalized spacial score (nSPS) is 12.2. The average molecular weight is 422 g/mol. The molecule has 0 unspecified atom stereocenters. The first-order valence-corrected chi connectivity index (χ1v) is 11.2. The fraction of sp³-hybridized carbons (Fsp3) is 0.0500. The lowest BCUT2D eigenvalue weighted by Crippen LogP contribution is -2.13. The molecule has 0 fully saturated rings. The van der Waals surface area contributed by atoms with E-state index in [1.165, 1.54) is 18.2 Å². The number of thiazole rings is 1. The number of rotatable bonds is 4. The largest absolute Gasteiger partial charge is 0.361 e. The summed E-state index contributed by atoms with van der Waals surface area (Å²) < 4.78 is 24.0. The van der Waals surface area contributed by atoms with Crippen LogP contribution in [0.4, 0.5) is 5.13 Å². The lowest BCUT2D eigenvalue weighted by atomic mass is 10.1. The second-order valence-electron chi connectivity index (χ2n) is 6.33. The highest BCUT2D eigenvalue weighted by molar-refractivity contribution is 7.90. The Labute approximate surface area is 170 Å². The molecule has 4 rings (SSSR count). The highest BCUT2D eigenvalue weighted by Crippen LogP contribution is 2.28. The summed E-state index contributed by atoms with van der Waals surface area (Å²) in [4.78, 5) is 20.1. The number of benzene rings is 2. The van der Waals surface area contributed by atoms with E-state index in [9.17, 15) is 18.5 Å². The van der Waals surface area contributed by atoms with Gasteiger partial charge in [-0.25, -0.2) is 13.4 Å². The summed E-state index contributed by atoms with van der Waals surface area (Å²) in [7, 11) is -3.34. The summed E-state index contributed by atoms with van der Waals surface area (Å²) in [6.07, 6.45) is 4.38. The van der Waals surface area contributed by atoms with Crippen molar-refractivity contribution >= 4 is 59.4 Å². The Morgan fingerprint density at radius 1 is 1.28 bits per heavy atom. The smallest absolute Gasteiger partial charge is 0.268 e. The zero-order valence-corrected chi connectivity index (χ0v) is 16.8. The first-order valence-electron chi connectivity index (χ1n) is 8.45. The standard InChI is InChI=1S/C20H14N4O3S2/c1-29(26,27)14-6-7-17-18(9-14)28-20(23-17)24-19(25)12(10-21)8-13-11-22-16-5-3-2-4-15(13)16/h2-9,11,22H,1H3,(H,23,24,25)/b12-8+. The molecule has 0 aliphatic rings. The fourth-order valence-corrected chi connectivity index (χ4v) is 4.49. The van der Waals surface area contributed by atoms with E-state index < -0.39 is 15.7 Å². The molecule has 0 bridgehead atoms. The molecule has 0 aliphatic carbocycles. The van der Waals surface area contributed by atoms with Crippen LogP contribution in [-0.2, 0) is 14.6 Å². The summed E-state index contributed by atoms with van der Waals surface area (Å²) in [6, 6.07) is 14.1. The van der Waals surface area contributed by atoms with Crippen molar-refractivity contribution in [2.45, 2.75) is 4.90 Å². The van der Waals surface area contributed by atoms with Crippen molar-refractivity contribution in [1.29, 1.82) is 5.26 Å². The molecule has 1 amide bonds. The van der Waals surface area contributed by atoms with Gasteiger partial charge in [0, 0.05) is 28.9 Å². The summed E-state index contributed by atoms with van der Waals surface area (Å²) >= 11 is 1.14. The van der Waals surface area contributed by atoms with Gasteiger partial charge in [-0.15, -0.1) is 0 Å². The van der Waals surface area contributed by atoms with Crippen LogP contribution in [0.15, 0.2) is 59.1 Å². The molecule has 0 atom stereocenters. The highest BCUT2D eigenvalue weighted by atomic mass is 32.2. The summed E-state index contributed by atoms with van der Waals surface area (Å²) in [5.41, 5.74) is 2.14. The van der Waals surface area contributed by atoms with Crippen LogP contribution in [-0.4, -0.2) is 30.5 Å². The lowest BCUT2D eigenvalue weighted by molar-refractivity contribution is -0.112. The first kappa shape index (κ1) is 18.9. The molecule has 2 N–H and O–H groups in total. The number of nitrogens with zero attached hydrogens (tertiary/aromatic N) is 2. The Morgan fingerprint density at radius 2 is 2.07 bits per heavy atom. The van der Waals surface area contributed by atoms with Crippen LogP contribution in [0.25, 0.3) is 27.2 Å². The zero-order chi connectivity index (χ0) is 20.6. The van der Waals surface area contributed by atoms with Crippen LogP contribution in [0.3, 0.4) is 0 Å². The molecule has 0 saturated carbocycles. The Bertz CT molecular complexity index is 1440. The number of hydrogen-bond acceptors (Lipinski definition) is 6. The van der Waals surface area contributed by atoms with Gasteiger partial charge < -0.3 is 4.98 Å². The molecule has 0 aliphatic heterocycles. The van der Waals surface area contributed by atoms with Crippen LogP contribution in [0.1, 0.15) is 5.56 Å². The summed E-state index contributed by atoms with van der Waals surface area (Å²) in [5, 5.41) is 13.2. The minimum atomic E-state index is -3.34. The SMILES string of the molecule is CS(=O)(=O)c1ccc2nc(NC(=O)/C(C#N)=C/c3c[nH]c4ccccc34)sc2c1. The number of aromatic nitrogens is 2. The van der Waals surface area contributed by atoms with Crippen LogP contribution in [0.5, 0.6) is 0 Å². The summed E-state index contributed by atoms with van der Waals surface area (Å²) in [6.45, 7) is 0. The minimum Gasteiger partial charge on any atom is -0.361 e. The van der Waals surface area contributed by atoms with Gasteiger partial charge in [-0.1, -0.05) is 29.5 Å². The van der Waals surface area contributed by atoms with Gasteiger partial charge >= 0.3 is 0 Å². The number of H-pyrrole nitrogens is 1. The van der Waals surface area contributed by atoms with Crippen molar-refractivity contribution in [3.05, 3.63) is 59.8 Å². The number of carbonyl (C=O) groups excluding carboxylic acids is 1. The number of para-hydroxylation sites is 1. The molecule has 7 nitrogen and oxygen atoms in total. The van der Waals surface area contributed by atoms with E-state index in [-0.39, 0.29) is 15.6 Å². The number of amides is 1. The van der Waals surface area contributed by atoms with E-state index in [1.807, 2.05) is 30.3 Å². The molecule has 0 spiro atoms. The average Bonchev–Trinajstić information content (AvgIpc) is 3.28. The number of hydrogen-bond donors (Lipinski definition) is 2. The van der Waals surface area contributed by atoms with E-state index in [2.05, 4.69) is 15.3 Å². The molecule has 4 aromatic rings. The van der Waals surface area contributed by atoms with Gasteiger partial charge in [0.1, 0.15) is 11.6 Å². The molecule has 9 heteroatoms. The van der Waals surface area contributed by atoms with E-state index in [0.717, 1.165) is 34.1 Å². The molecular weight excluding hydrogens is 408 g/mol. The number of aromatic amines is 1. The Balaban J connectivity index is 1.63. The van der Waals surface area contributed by atoms with Crippen molar-refractivity contribution in [1.82, 2.24) is 9.97 Å². The van der Waals surface area contributed by atoms with Crippen LogP contribution in [0.2, 0.25) is 0 Å². The maximum atomic E-state index is 12.6. The first-order chi connectivity index (χ1) is 13.8. The molecular formula is C20H14N4O3S2. The third kappa shape index (κ3) is 3.76. The van der Waals surface area contributed by atoms with Gasteiger partial charge in [0.2, 0.25) is 0 Å². The fourth-order valence-electron chi connectivity index (χ4n) is 2.87. The monoisotopic (exact) mass is 422 g/mol. The van der Waals surface area contributed by atoms with E-state index in [4.69, 9.17) is 0 Å². The quantitative estimate of drug-likeness (QED) is 0.384. The molecule has 0 saturated heterocycles. The van der Waals surface area contributed by atoms with Crippen LogP contribution in [0, 0.1) is 11.3 Å².